The van der Waals surface area contributed by atoms with E-state index in [0.717, 1.165) is 5.56 Å². The maximum atomic E-state index is 11.9. The molecule has 0 unspecified atom stereocenters. The van der Waals surface area contributed by atoms with Crippen LogP contribution in [0.3, 0.4) is 0 Å². The van der Waals surface area contributed by atoms with E-state index in [1.165, 1.54) is 19.2 Å². The number of amides is 1. The van der Waals surface area contributed by atoms with Gasteiger partial charge in [-0.25, -0.2) is 9.59 Å². The van der Waals surface area contributed by atoms with Crippen LogP contribution < -0.4 is 5.32 Å². The molecule has 0 fully saturated rings. The Bertz CT molecular complexity index is 687. The van der Waals surface area contributed by atoms with Crippen molar-refractivity contribution in [2.45, 2.75) is 19.1 Å². The maximum Gasteiger partial charge on any atom is 0.408 e. The van der Waals surface area contributed by atoms with Crippen LogP contribution in [0, 0.1) is 0 Å². The fraction of sp³-hybridized carbons (Fsp3) is 0.222. The molecule has 1 amide bonds. The van der Waals surface area contributed by atoms with Crippen LogP contribution in [0.2, 0.25) is 0 Å². The van der Waals surface area contributed by atoms with Crippen molar-refractivity contribution in [2.24, 2.45) is 0 Å². The highest BCUT2D eigenvalue weighted by Crippen LogP contribution is 2.13. The van der Waals surface area contributed by atoms with E-state index in [-0.39, 0.29) is 18.8 Å². The Balaban J connectivity index is 1.95. The third kappa shape index (κ3) is 5.31. The third-order valence-electron chi connectivity index (χ3n) is 3.34. The standard InChI is InChI=1S/C18H19NO5/c1-23-17(21)16(11-14-8-5-9-15(20)10-14)19-18(22)24-12-13-6-3-2-4-7-13/h2-10,16,20H,11-12H2,1H3,(H,19,22)/t16-/m0/s1. The molecule has 0 bridgehead atoms. The van der Waals surface area contributed by atoms with Gasteiger partial charge in [0.05, 0.1) is 7.11 Å². The molecule has 2 aromatic carbocycles. The third-order valence-corrected chi connectivity index (χ3v) is 3.34. The monoisotopic (exact) mass is 329 g/mol. The van der Waals surface area contributed by atoms with E-state index in [1.54, 1.807) is 12.1 Å². The predicted molar refractivity (Wildman–Crippen MR) is 87.4 cm³/mol. The number of esters is 1. The molecule has 0 aliphatic carbocycles. The molecule has 24 heavy (non-hydrogen) atoms. The molecule has 2 aromatic rings. The second-order valence-electron chi connectivity index (χ2n) is 5.16. The van der Waals surface area contributed by atoms with Crippen LogP contribution >= 0.6 is 0 Å². The number of benzene rings is 2. The van der Waals surface area contributed by atoms with E-state index in [9.17, 15) is 14.7 Å². The van der Waals surface area contributed by atoms with Crippen molar-refractivity contribution in [2.75, 3.05) is 7.11 Å². The molecule has 0 heterocycles. The SMILES string of the molecule is COC(=O)[C@H](Cc1cccc(O)c1)NC(=O)OCc1ccccc1. The van der Waals surface area contributed by atoms with E-state index in [4.69, 9.17) is 9.47 Å². The van der Waals surface area contributed by atoms with Crippen molar-refractivity contribution in [1.82, 2.24) is 5.32 Å². The predicted octanol–water partition coefficient (Wildman–Crippen LogP) is 2.40. The molecule has 1 atom stereocenters. The lowest BCUT2D eigenvalue weighted by atomic mass is 10.1. The van der Waals surface area contributed by atoms with Crippen LogP contribution in [-0.4, -0.2) is 30.3 Å². The van der Waals surface area contributed by atoms with E-state index in [0.29, 0.717) is 5.56 Å². The van der Waals surface area contributed by atoms with Gasteiger partial charge in [0, 0.05) is 6.42 Å². The summed E-state index contributed by atoms with van der Waals surface area (Å²) >= 11 is 0. The first kappa shape index (κ1) is 17.3. The Morgan fingerprint density at radius 3 is 2.46 bits per heavy atom. The van der Waals surface area contributed by atoms with Gasteiger partial charge in [-0.1, -0.05) is 42.5 Å². The van der Waals surface area contributed by atoms with Gasteiger partial charge in [0.2, 0.25) is 0 Å². The first-order valence-electron chi connectivity index (χ1n) is 7.41. The Kier molecular flexibility index (Phi) is 6.19. The summed E-state index contributed by atoms with van der Waals surface area (Å²) < 4.78 is 9.81. The Morgan fingerprint density at radius 2 is 1.79 bits per heavy atom. The second-order valence-corrected chi connectivity index (χ2v) is 5.16. The van der Waals surface area contributed by atoms with E-state index < -0.39 is 18.1 Å². The number of hydrogen-bond acceptors (Lipinski definition) is 5. The van der Waals surface area contributed by atoms with Crippen LogP contribution in [0.4, 0.5) is 4.79 Å². The van der Waals surface area contributed by atoms with Crippen LogP contribution in [0.15, 0.2) is 54.6 Å². The summed E-state index contributed by atoms with van der Waals surface area (Å²) in [5.41, 5.74) is 1.53. The molecule has 0 saturated carbocycles. The minimum absolute atomic E-state index is 0.0859. The summed E-state index contributed by atoms with van der Waals surface area (Å²) in [6.07, 6.45) is -0.531. The zero-order valence-corrected chi connectivity index (χ0v) is 13.3. The van der Waals surface area contributed by atoms with E-state index >= 15 is 0 Å². The number of carbonyl (C=O) groups excluding carboxylic acids is 2. The highest BCUT2D eigenvalue weighted by Gasteiger charge is 2.22. The molecular weight excluding hydrogens is 310 g/mol. The van der Waals surface area contributed by atoms with Gasteiger partial charge in [0.1, 0.15) is 18.4 Å². The topological polar surface area (TPSA) is 84.9 Å². The van der Waals surface area contributed by atoms with E-state index in [1.807, 2.05) is 30.3 Å². The molecule has 2 rings (SSSR count). The first-order chi connectivity index (χ1) is 11.6. The molecule has 6 heteroatoms. The van der Waals surface area contributed by atoms with Crippen molar-refractivity contribution in [1.29, 1.82) is 0 Å². The lowest BCUT2D eigenvalue weighted by molar-refractivity contribution is -0.143. The number of carbonyl (C=O) groups is 2. The zero-order valence-electron chi connectivity index (χ0n) is 13.3. The van der Waals surface area contributed by atoms with Crippen molar-refractivity contribution in [3.8, 4) is 5.75 Å². The number of nitrogens with one attached hydrogen (secondary N) is 1. The highest BCUT2D eigenvalue weighted by molar-refractivity contribution is 5.81. The van der Waals surface area contributed by atoms with Gasteiger partial charge in [-0.15, -0.1) is 0 Å². The fourth-order valence-electron chi connectivity index (χ4n) is 2.16. The number of hydrogen-bond donors (Lipinski definition) is 2. The number of rotatable bonds is 6. The second kappa shape index (κ2) is 8.57. The van der Waals surface area contributed by atoms with Crippen LogP contribution in [0.5, 0.6) is 5.75 Å². The van der Waals surface area contributed by atoms with Crippen LogP contribution in [0.1, 0.15) is 11.1 Å². The fourth-order valence-corrected chi connectivity index (χ4v) is 2.16. The molecule has 0 aromatic heterocycles. The average Bonchev–Trinajstić information content (AvgIpc) is 2.59. The zero-order chi connectivity index (χ0) is 17.4. The summed E-state index contributed by atoms with van der Waals surface area (Å²) in [4.78, 5) is 23.8. The number of phenolic OH excluding ortho intramolecular Hbond substituents is 1. The summed E-state index contributed by atoms with van der Waals surface area (Å²) in [6.45, 7) is 0.104. The molecular formula is C18H19NO5. The van der Waals surface area contributed by atoms with Gasteiger partial charge >= 0.3 is 12.1 Å². The summed E-state index contributed by atoms with van der Waals surface area (Å²) in [5, 5.41) is 12.0. The van der Waals surface area contributed by atoms with Gasteiger partial charge in [-0.3, -0.25) is 0 Å². The highest BCUT2D eigenvalue weighted by atomic mass is 16.6. The van der Waals surface area contributed by atoms with Crippen molar-refractivity contribution in [3.05, 3.63) is 65.7 Å². The maximum absolute atomic E-state index is 11.9. The quantitative estimate of drug-likeness (QED) is 0.795. The van der Waals surface area contributed by atoms with Crippen molar-refractivity contribution in [3.63, 3.8) is 0 Å². The molecule has 0 spiro atoms. The number of ether oxygens (including phenoxy) is 2. The minimum atomic E-state index is -0.903. The van der Waals surface area contributed by atoms with Gasteiger partial charge < -0.3 is 19.9 Å². The molecule has 2 N–H and O–H groups in total. The normalized spacial score (nSPS) is 11.4. The Labute approximate surface area is 140 Å². The summed E-state index contributed by atoms with van der Waals surface area (Å²) in [5.74, 6) is -0.502. The lowest BCUT2D eigenvalue weighted by Gasteiger charge is -2.16. The Hall–Kier alpha value is -3.02. The number of phenols is 1. The molecule has 0 radical (unpaired) electrons. The lowest BCUT2D eigenvalue weighted by Crippen LogP contribution is -2.43. The minimum Gasteiger partial charge on any atom is -0.508 e. The molecule has 6 nitrogen and oxygen atoms in total. The smallest absolute Gasteiger partial charge is 0.408 e. The summed E-state index contributed by atoms with van der Waals surface area (Å²) in [6, 6.07) is 14.8. The number of methoxy groups -OCH3 is 1. The van der Waals surface area contributed by atoms with Crippen LogP contribution in [-0.2, 0) is 27.3 Å². The Morgan fingerprint density at radius 1 is 1.08 bits per heavy atom. The van der Waals surface area contributed by atoms with Gasteiger partial charge in [-0.05, 0) is 23.3 Å². The van der Waals surface area contributed by atoms with Gasteiger partial charge in [0.15, 0.2) is 0 Å². The van der Waals surface area contributed by atoms with Crippen LogP contribution in [0.25, 0.3) is 0 Å². The average molecular weight is 329 g/mol. The number of aromatic hydroxyl groups is 1. The summed E-state index contributed by atoms with van der Waals surface area (Å²) in [7, 11) is 1.24. The largest absolute Gasteiger partial charge is 0.508 e. The van der Waals surface area contributed by atoms with Gasteiger partial charge in [0.25, 0.3) is 0 Å². The van der Waals surface area contributed by atoms with Crippen molar-refractivity contribution < 1.29 is 24.2 Å². The van der Waals surface area contributed by atoms with Gasteiger partial charge in [-0.2, -0.15) is 0 Å². The molecule has 0 aliphatic heterocycles. The number of alkyl carbamates (subject to hydrolysis) is 1. The molecule has 126 valence electrons. The van der Waals surface area contributed by atoms with Crippen molar-refractivity contribution >= 4 is 12.1 Å². The van der Waals surface area contributed by atoms with E-state index in [2.05, 4.69) is 5.32 Å². The first-order valence-corrected chi connectivity index (χ1v) is 7.41. The molecule has 0 saturated heterocycles. The molecule has 0 aliphatic rings.